The Morgan fingerprint density at radius 1 is 0.527 bits per heavy atom. The van der Waals surface area contributed by atoms with E-state index in [4.69, 9.17) is 18.9 Å². The van der Waals surface area contributed by atoms with Crippen molar-refractivity contribution < 1.29 is 128 Å². The SMILES string of the molecule is CC(=O)N[C@@H]1[C@@H](O)C[C@](OCCCSCCNC(=O)c2ccc(C(=O)NCCSCCCO[C@]3(C(=O)O)C[C@H](O)[C@@H](NC(C)=O)[C@H](C(O)[C@H](O)CNC(=O)c4ccc(-c5cccs5)cc4)O3)cc2)(C(=O)O)O[C@H]1C(O)[C@H](O)CNC(=O)c1ccc(-c2cccs2)cc1.[Na+]. The van der Waals surface area contributed by atoms with Gasteiger partial charge < -0.3 is 91.7 Å². The van der Waals surface area contributed by atoms with Crippen molar-refractivity contribution in [3.8, 4) is 20.9 Å². The minimum absolute atomic E-state index is 0. The summed E-state index contributed by atoms with van der Waals surface area (Å²) >= 11 is 5.92. The molecule has 7 rings (SSSR count). The minimum atomic E-state index is -2.49. The van der Waals surface area contributed by atoms with Gasteiger partial charge in [0.05, 0.1) is 49.7 Å². The van der Waals surface area contributed by atoms with Crippen LogP contribution in [-0.2, 0) is 38.1 Å². The quantitative estimate of drug-likeness (QED) is 0.0175. The Morgan fingerprint density at radius 3 is 1.17 bits per heavy atom. The number of carbonyl (C=O) groups is 8. The molecule has 0 aliphatic carbocycles. The summed E-state index contributed by atoms with van der Waals surface area (Å²) in [5, 5.41) is 107. The normalized spacial score (nSPS) is 22.3. The number of aliphatic hydroxyl groups is 6. The second-order valence-electron chi connectivity index (χ2n) is 21.6. The molecule has 31 heteroatoms. The molecule has 2 aliphatic rings. The molecule has 26 nitrogen and oxygen atoms in total. The number of thiophene rings is 2. The van der Waals surface area contributed by atoms with Crippen molar-refractivity contribution in [2.24, 2.45) is 0 Å². The molecule has 2 fully saturated rings. The predicted molar refractivity (Wildman–Crippen MR) is 342 cm³/mol. The summed E-state index contributed by atoms with van der Waals surface area (Å²) in [6.45, 7) is 1.44. The number of aliphatic hydroxyl groups excluding tert-OH is 6. The smallest absolute Gasteiger partial charge is 0.477 e. The summed E-state index contributed by atoms with van der Waals surface area (Å²) in [6, 6.07) is 24.4. The van der Waals surface area contributed by atoms with E-state index in [1.807, 2.05) is 35.0 Å². The van der Waals surface area contributed by atoms with Gasteiger partial charge in [-0.2, -0.15) is 23.5 Å². The number of thioether (sulfide) groups is 2. The zero-order chi connectivity index (χ0) is 66.5. The largest absolute Gasteiger partial charge is 1.00 e. The van der Waals surface area contributed by atoms with Gasteiger partial charge in [0.2, 0.25) is 11.8 Å². The molecule has 0 bridgehead atoms. The Balaban J connectivity index is 0.0000137. The van der Waals surface area contributed by atoms with Crippen LogP contribution in [0.25, 0.3) is 20.9 Å². The number of benzene rings is 3. The van der Waals surface area contributed by atoms with Gasteiger partial charge in [0, 0.05) is 96.4 Å². The van der Waals surface area contributed by atoms with Crippen LogP contribution in [-0.4, -0.2) is 223 Å². The maximum absolute atomic E-state index is 12.9. The molecule has 498 valence electrons. The maximum atomic E-state index is 12.9. The first-order chi connectivity index (χ1) is 44.0. The van der Waals surface area contributed by atoms with Gasteiger partial charge in [0.1, 0.15) is 24.4 Å². The summed E-state index contributed by atoms with van der Waals surface area (Å²) in [5.74, 6) is -9.60. The maximum Gasteiger partial charge on any atom is 1.00 e. The molecule has 5 aromatic rings. The number of hydrogen-bond acceptors (Lipinski definition) is 22. The number of aliphatic carboxylic acids is 2. The number of nitrogens with one attached hydrogen (secondary N) is 6. The Bertz CT molecular complexity index is 3040. The molecule has 4 heterocycles. The van der Waals surface area contributed by atoms with E-state index in [1.54, 1.807) is 48.5 Å². The van der Waals surface area contributed by atoms with Crippen LogP contribution in [0, 0.1) is 0 Å². The molecule has 2 aromatic heterocycles. The summed E-state index contributed by atoms with van der Waals surface area (Å²) in [5.41, 5.74) is 2.96. The van der Waals surface area contributed by atoms with Crippen LogP contribution in [0.2, 0.25) is 0 Å². The standard InChI is InChI=1S/C62H76N6O20S4.Na/c1-35(69)67-49-43(71)31-61(59(81)82,87-53(49)51(75)45(73)33-65-57(79)41-13-9-37(10-14-41)47-7-3-27-91-47)85-23-5-25-89-29-21-63-55(77)39-17-19-40(20-18-39)56(78)64-22-30-90-26-6-24-86-62(60(83)84)32-44(72)50(68-36(2)70)54(88-62)52(76)46(74)34-66-58(80)42-15-11-38(12-16-42)48-8-4-28-92-48;/h3-4,7-20,27-28,43-46,49-54,71-76H,5-6,21-26,29-34H2,1-2H3,(H,63,77)(H,64,78)(H,65,79)(H,66,80)(H,67,69)(H,68,70)(H,81,82)(H,83,84);/q;+1/t43-,44-,45+,46+,49+,50+,51?,52?,53+,54+,61+,62+;/m0./s1. The third-order valence-corrected chi connectivity index (χ3v) is 18.8. The number of carboxylic acids is 2. The molecule has 2 saturated heterocycles. The average Bonchev–Trinajstić information content (AvgIpc) is 1.57. The molecule has 6 amide bonds. The Labute approximate surface area is 574 Å². The van der Waals surface area contributed by atoms with Crippen LogP contribution in [0.15, 0.2) is 108 Å². The summed E-state index contributed by atoms with van der Waals surface area (Å²) in [4.78, 5) is 103. The van der Waals surface area contributed by atoms with Crippen molar-refractivity contribution in [1.29, 1.82) is 0 Å². The number of rotatable bonds is 34. The van der Waals surface area contributed by atoms with E-state index in [-0.39, 0.29) is 67.0 Å². The van der Waals surface area contributed by atoms with Crippen molar-refractivity contribution >= 4 is 93.6 Å². The molecule has 12 atom stereocenters. The molecule has 2 aliphatic heterocycles. The fraction of sp³-hybridized carbons (Fsp3) is 0.452. The van der Waals surface area contributed by atoms with Crippen molar-refractivity contribution in [1.82, 2.24) is 31.9 Å². The van der Waals surface area contributed by atoms with E-state index >= 15 is 0 Å². The fourth-order valence-corrected chi connectivity index (χ4v) is 13.1. The van der Waals surface area contributed by atoms with Gasteiger partial charge in [0.25, 0.3) is 35.2 Å². The van der Waals surface area contributed by atoms with Crippen LogP contribution in [0.4, 0.5) is 0 Å². The van der Waals surface area contributed by atoms with Crippen LogP contribution >= 0.6 is 46.2 Å². The van der Waals surface area contributed by atoms with E-state index in [0.29, 0.717) is 47.0 Å². The molecule has 2 unspecified atom stereocenters. The predicted octanol–water partition coefficient (Wildman–Crippen LogP) is -0.939. The van der Waals surface area contributed by atoms with Gasteiger partial charge in [-0.05, 0) is 107 Å². The van der Waals surface area contributed by atoms with E-state index < -0.39 is 146 Å². The third-order valence-electron chi connectivity index (χ3n) is 14.9. The van der Waals surface area contributed by atoms with Crippen molar-refractivity contribution in [3.05, 3.63) is 130 Å². The zero-order valence-electron chi connectivity index (χ0n) is 51.2. The van der Waals surface area contributed by atoms with Crippen LogP contribution in [0.3, 0.4) is 0 Å². The summed E-state index contributed by atoms with van der Waals surface area (Å²) in [7, 11) is 0. The van der Waals surface area contributed by atoms with E-state index in [2.05, 4.69) is 31.9 Å². The van der Waals surface area contributed by atoms with Crippen molar-refractivity contribution in [3.63, 3.8) is 0 Å². The first kappa shape index (κ1) is 76.1. The Kier molecular flexibility index (Phi) is 30.2. The number of carbonyl (C=O) groups excluding carboxylic acids is 6. The van der Waals surface area contributed by atoms with Gasteiger partial charge in [-0.15, -0.1) is 22.7 Å². The number of carboxylic acid groups (broad SMARTS) is 2. The summed E-state index contributed by atoms with van der Waals surface area (Å²) in [6.07, 6.45) is -14.6. The van der Waals surface area contributed by atoms with Crippen molar-refractivity contribution in [2.75, 3.05) is 62.4 Å². The Hall–Kier alpha value is -5.88. The second kappa shape index (κ2) is 36.9. The fourth-order valence-electron chi connectivity index (χ4n) is 10.1. The van der Waals surface area contributed by atoms with Gasteiger partial charge >= 0.3 is 41.5 Å². The van der Waals surface area contributed by atoms with Crippen LogP contribution < -0.4 is 61.5 Å². The van der Waals surface area contributed by atoms with E-state index in [0.717, 1.165) is 34.7 Å². The molecular weight excluding hydrogens is 1300 g/mol. The molecular formula is C62H76N6NaO20S4+. The number of hydrogen-bond donors (Lipinski definition) is 14. The Morgan fingerprint density at radius 2 is 0.860 bits per heavy atom. The molecule has 93 heavy (non-hydrogen) atoms. The molecule has 3 aromatic carbocycles. The van der Waals surface area contributed by atoms with E-state index in [1.165, 1.54) is 70.5 Å². The van der Waals surface area contributed by atoms with Gasteiger partial charge in [-0.25, -0.2) is 9.59 Å². The van der Waals surface area contributed by atoms with Crippen molar-refractivity contribution in [2.45, 2.75) is 112 Å². The van der Waals surface area contributed by atoms with E-state index in [9.17, 15) is 79.2 Å². The summed E-state index contributed by atoms with van der Waals surface area (Å²) < 4.78 is 23.1. The minimum Gasteiger partial charge on any atom is -0.477 e. The van der Waals surface area contributed by atoms with Crippen LogP contribution in [0.5, 0.6) is 0 Å². The first-order valence-corrected chi connectivity index (χ1v) is 33.5. The molecule has 0 saturated carbocycles. The van der Waals surface area contributed by atoms with Gasteiger partial charge in [-0.3, -0.25) is 28.8 Å². The first-order valence-electron chi connectivity index (χ1n) is 29.4. The third kappa shape index (κ3) is 21.6. The monoisotopic (exact) mass is 1380 g/mol. The van der Waals surface area contributed by atoms with Crippen LogP contribution in [0.1, 0.15) is 81.0 Å². The molecule has 0 radical (unpaired) electrons. The topological polar surface area (TPSA) is 408 Å². The zero-order valence-corrected chi connectivity index (χ0v) is 56.4. The number of amides is 6. The molecule has 0 spiro atoms. The second-order valence-corrected chi connectivity index (χ2v) is 26.0. The van der Waals surface area contributed by atoms with Gasteiger partial charge in [-0.1, -0.05) is 36.4 Å². The average molecular weight is 1380 g/mol. The van der Waals surface area contributed by atoms with Gasteiger partial charge in [0.15, 0.2) is 0 Å². The molecule has 14 N–H and O–H groups in total. The number of ether oxygens (including phenoxy) is 4.